The number of Topliss-reactive ketones (excluding diaryl/α,β-unsaturated/α-hetero) is 2. The number of amides is 2. The van der Waals surface area contributed by atoms with Gasteiger partial charge in [0.1, 0.15) is 39.5 Å². The number of hydrogen-bond donors (Lipinski definition) is 0. The molecule has 0 atom stereocenters. The monoisotopic (exact) mass is 556 g/mol. The highest BCUT2D eigenvalue weighted by Crippen LogP contribution is 2.48. The Bertz CT molecular complexity index is 1230. The number of piperidine rings is 2. The van der Waals surface area contributed by atoms with Crippen LogP contribution in [-0.4, -0.2) is 82.1 Å². The highest BCUT2D eigenvalue weighted by Gasteiger charge is 2.49. The summed E-state index contributed by atoms with van der Waals surface area (Å²) in [7, 11) is 0. The smallest absolute Gasteiger partial charge is 0.410 e. The molecule has 4 aliphatic rings. The van der Waals surface area contributed by atoms with Crippen LogP contribution < -0.4 is 9.47 Å². The van der Waals surface area contributed by atoms with Crippen LogP contribution in [0.25, 0.3) is 0 Å². The van der Waals surface area contributed by atoms with Crippen LogP contribution in [-0.2, 0) is 9.47 Å². The molecule has 4 aliphatic heterocycles. The molecular formula is C30H40N2O8. The van der Waals surface area contributed by atoms with E-state index in [1.807, 2.05) is 41.5 Å². The first kappa shape index (κ1) is 28.2. The normalized spacial score (nSPS) is 21.8. The first-order chi connectivity index (χ1) is 18.6. The van der Waals surface area contributed by atoms with Crippen molar-refractivity contribution < 1.29 is 38.1 Å². The van der Waals surface area contributed by atoms with Crippen molar-refractivity contribution in [3.8, 4) is 11.5 Å². The minimum absolute atomic E-state index is 0.0754. The van der Waals surface area contributed by atoms with Gasteiger partial charge in [-0.15, -0.1) is 0 Å². The number of carbonyl (C=O) groups excluding carboxylic acids is 4. The molecule has 218 valence electrons. The zero-order valence-electron chi connectivity index (χ0n) is 24.4. The fraction of sp³-hybridized carbons (Fsp3) is 0.667. The third kappa shape index (κ3) is 5.63. The molecule has 0 aliphatic carbocycles. The van der Waals surface area contributed by atoms with E-state index in [9.17, 15) is 19.2 Å². The van der Waals surface area contributed by atoms with Gasteiger partial charge in [0.15, 0.2) is 11.6 Å². The molecule has 0 radical (unpaired) electrons. The number of fused-ring (bicyclic) bond motifs is 3. The van der Waals surface area contributed by atoms with E-state index in [0.717, 1.165) is 0 Å². The lowest BCUT2D eigenvalue weighted by molar-refractivity contribution is -0.0272. The number of likely N-dealkylation sites (tertiary alicyclic amines) is 2. The van der Waals surface area contributed by atoms with Gasteiger partial charge in [0, 0.05) is 51.9 Å². The lowest BCUT2D eigenvalue weighted by Gasteiger charge is -2.46. The van der Waals surface area contributed by atoms with Crippen LogP contribution in [0, 0.1) is 0 Å². The molecule has 4 heterocycles. The summed E-state index contributed by atoms with van der Waals surface area (Å²) in [5.41, 5.74) is -1.96. The fourth-order valence-electron chi connectivity index (χ4n) is 5.93. The van der Waals surface area contributed by atoms with E-state index in [4.69, 9.17) is 18.9 Å². The summed E-state index contributed by atoms with van der Waals surface area (Å²) >= 11 is 0. The molecule has 2 saturated heterocycles. The van der Waals surface area contributed by atoms with Crippen molar-refractivity contribution in [3.63, 3.8) is 0 Å². The average molecular weight is 557 g/mol. The Morgan fingerprint density at radius 1 is 0.725 bits per heavy atom. The first-order valence-electron chi connectivity index (χ1n) is 14.2. The number of carbonyl (C=O) groups is 4. The highest BCUT2D eigenvalue weighted by atomic mass is 16.6. The van der Waals surface area contributed by atoms with Crippen molar-refractivity contribution in [2.75, 3.05) is 26.2 Å². The molecule has 0 bridgehead atoms. The Morgan fingerprint density at radius 3 is 1.65 bits per heavy atom. The van der Waals surface area contributed by atoms with Gasteiger partial charge in [0.25, 0.3) is 0 Å². The molecule has 1 aromatic rings. The first-order valence-corrected chi connectivity index (χ1v) is 14.2. The third-order valence-electron chi connectivity index (χ3n) is 7.96. The zero-order valence-corrected chi connectivity index (χ0v) is 24.4. The van der Waals surface area contributed by atoms with Crippen LogP contribution in [0.3, 0.4) is 0 Å². The van der Waals surface area contributed by atoms with Crippen LogP contribution in [0.5, 0.6) is 11.5 Å². The predicted molar refractivity (Wildman–Crippen MR) is 145 cm³/mol. The molecule has 0 saturated carbocycles. The molecule has 2 amide bonds. The summed E-state index contributed by atoms with van der Waals surface area (Å²) in [4.78, 5) is 55.3. The van der Waals surface area contributed by atoms with Gasteiger partial charge in [-0.1, -0.05) is 0 Å². The topological polar surface area (TPSA) is 112 Å². The SMILES string of the molecule is CC(C)(C)OC(=O)N1CCC2(CC1)CC(=O)c1c(ccc3c1OC1(CCN(C(=O)OC(C)(C)C)CC1)CC3=O)O2. The summed E-state index contributed by atoms with van der Waals surface area (Å²) in [6.07, 6.45) is 1.51. The van der Waals surface area contributed by atoms with Crippen LogP contribution >= 0.6 is 0 Å². The van der Waals surface area contributed by atoms with Crippen molar-refractivity contribution in [3.05, 3.63) is 23.3 Å². The number of ether oxygens (including phenoxy) is 4. The van der Waals surface area contributed by atoms with Crippen LogP contribution in [0.2, 0.25) is 0 Å². The van der Waals surface area contributed by atoms with Gasteiger partial charge < -0.3 is 28.7 Å². The van der Waals surface area contributed by atoms with Crippen LogP contribution in [0.15, 0.2) is 12.1 Å². The zero-order chi connectivity index (χ0) is 29.1. The Kier molecular flexibility index (Phi) is 6.82. The molecule has 10 nitrogen and oxygen atoms in total. The minimum atomic E-state index is -0.786. The maximum atomic E-state index is 13.6. The predicted octanol–water partition coefficient (Wildman–Crippen LogP) is 5.16. The van der Waals surface area contributed by atoms with Gasteiger partial charge in [-0.25, -0.2) is 9.59 Å². The number of ketones is 2. The molecule has 2 spiro atoms. The molecule has 0 aromatic heterocycles. The molecule has 40 heavy (non-hydrogen) atoms. The fourth-order valence-corrected chi connectivity index (χ4v) is 5.93. The van der Waals surface area contributed by atoms with Crippen LogP contribution in [0.1, 0.15) is 101 Å². The quantitative estimate of drug-likeness (QED) is 0.431. The summed E-state index contributed by atoms with van der Waals surface area (Å²) < 4.78 is 24.0. The second kappa shape index (κ2) is 9.66. The van der Waals surface area contributed by atoms with Crippen molar-refractivity contribution in [2.45, 2.75) is 102 Å². The van der Waals surface area contributed by atoms with Gasteiger partial charge >= 0.3 is 12.2 Å². The molecular weight excluding hydrogens is 516 g/mol. The Labute approximate surface area is 235 Å². The van der Waals surface area contributed by atoms with Gasteiger partial charge in [-0.2, -0.15) is 0 Å². The molecule has 0 unspecified atom stereocenters. The highest BCUT2D eigenvalue weighted by molar-refractivity contribution is 6.09. The summed E-state index contributed by atoms with van der Waals surface area (Å²) in [6.45, 7) is 12.6. The van der Waals surface area contributed by atoms with Crippen molar-refractivity contribution in [1.29, 1.82) is 0 Å². The third-order valence-corrected chi connectivity index (χ3v) is 7.96. The van der Waals surface area contributed by atoms with E-state index < -0.39 is 22.4 Å². The summed E-state index contributed by atoms with van der Waals surface area (Å²) in [6, 6.07) is 3.37. The van der Waals surface area contributed by atoms with E-state index in [0.29, 0.717) is 74.5 Å². The molecule has 1 aromatic carbocycles. The van der Waals surface area contributed by atoms with E-state index in [1.54, 1.807) is 21.9 Å². The lowest BCUT2D eigenvalue weighted by Crippen LogP contribution is -2.54. The standard InChI is InChI=1S/C30H40N2O8/c1-27(2,3)39-25(35)31-13-9-29(10-14-31)18-21(34)23-22(37-29)8-7-19-20(33)17-30(38-24(19)23)11-15-32(16-12-30)26(36)40-28(4,5)6/h7-8H,9-18H2,1-6H3. The Morgan fingerprint density at radius 2 is 1.18 bits per heavy atom. The van der Waals surface area contributed by atoms with Crippen molar-refractivity contribution >= 4 is 23.8 Å². The van der Waals surface area contributed by atoms with Crippen molar-refractivity contribution in [2.24, 2.45) is 0 Å². The van der Waals surface area contributed by atoms with Crippen molar-refractivity contribution in [1.82, 2.24) is 9.80 Å². The number of hydrogen-bond acceptors (Lipinski definition) is 8. The molecule has 2 fully saturated rings. The Balaban J connectivity index is 1.31. The average Bonchev–Trinajstić information content (AvgIpc) is 2.82. The number of nitrogens with zero attached hydrogens (tertiary/aromatic N) is 2. The van der Waals surface area contributed by atoms with E-state index in [-0.39, 0.29) is 36.6 Å². The maximum absolute atomic E-state index is 13.6. The van der Waals surface area contributed by atoms with Gasteiger partial charge in [0.2, 0.25) is 0 Å². The van der Waals surface area contributed by atoms with E-state index >= 15 is 0 Å². The second-order valence-corrected chi connectivity index (χ2v) is 13.5. The number of rotatable bonds is 0. The van der Waals surface area contributed by atoms with Gasteiger partial charge in [-0.3, -0.25) is 9.59 Å². The van der Waals surface area contributed by atoms with E-state index in [2.05, 4.69) is 0 Å². The largest absolute Gasteiger partial charge is 0.486 e. The summed E-state index contributed by atoms with van der Waals surface area (Å²) in [5, 5.41) is 0. The molecule has 5 rings (SSSR count). The van der Waals surface area contributed by atoms with Gasteiger partial charge in [0.05, 0.1) is 18.4 Å². The molecule has 0 N–H and O–H groups in total. The lowest BCUT2D eigenvalue weighted by atomic mass is 9.79. The minimum Gasteiger partial charge on any atom is -0.486 e. The van der Waals surface area contributed by atoms with Gasteiger partial charge in [-0.05, 0) is 53.7 Å². The maximum Gasteiger partial charge on any atom is 0.410 e. The second-order valence-electron chi connectivity index (χ2n) is 13.5. The Hall–Kier alpha value is -3.30. The molecule has 10 heteroatoms. The number of benzene rings is 1. The van der Waals surface area contributed by atoms with E-state index in [1.165, 1.54) is 0 Å². The van der Waals surface area contributed by atoms with Crippen LogP contribution in [0.4, 0.5) is 9.59 Å². The summed E-state index contributed by atoms with van der Waals surface area (Å²) in [5.74, 6) is 0.510.